The van der Waals surface area contributed by atoms with E-state index >= 15 is 0 Å². The Bertz CT molecular complexity index is 965. The molecule has 0 spiro atoms. The standard InChI is InChI=1S/C20H20FN3S/c1-4-22-20-24(23-15(3)17-6-5-7-18(21)12-17)19(13-25-20)16-10-8-14(2)9-11-16/h5-13H,4H2,1-3H3. The van der Waals surface area contributed by atoms with Crippen LogP contribution in [0, 0.1) is 12.7 Å². The van der Waals surface area contributed by atoms with Crippen molar-refractivity contribution in [3.8, 4) is 11.3 Å². The van der Waals surface area contributed by atoms with Crippen molar-refractivity contribution in [1.29, 1.82) is 0 Å². The summed E-state index contributed by atoms with van der Waals surface area (Å²) >= 11 is 1.56. The lowest BCUT2D eigenvalue weighted by molar-refractivity contribution is 0.627. The first-order valence-electron chi connectivity index (χ1n) is 8.18. The summed E-state index contributed by atoms with van der Waals surface area (Å²) in [6.07, 6.45) is 0. The van der Waals surface area contributed by atoms with Gasteiger partial charge in [0.25, 0.3) is 0 Å². The zero-order valence-electron chi connectivity index (χ0n) is 14.5. The van der Waals surface area contributed by atoms with Crippen LogP contribution in [-0.4, -0.2) is 16.9 Å². The fourth-order valence-electron chi connectivity index (χ4n) is 2.48. The molecular formula is C20H20FN3S. The number of benzene rings is 2. The Labute approximate surface area is 150 Å². The molecule has 128 valence electrons. The first-order chi connectivity index (χ1) is 12.1. The number of aryl methyl sites for hydroxylation is 1. The molecule has 0 aliphatic heterocycles. The van der Waals surface area contributed by atoms with Gasteiger partial charge in [0.15, 0.2) is 0 Å². The highest BCUT2D eigenvalue weighted by Gasteiger charge is 2.09. The van der Waals surface area contributed by atoms with Gasteiger partial charge in [-0.25, -0.2) is 9.07 Å². The van der Waals surface area contributed by atoms with Crippen LogP contribution in [0.25, 0.3) is 11.3 Å². The fraction of sp³-hybridized carbons (Fsp3) is 0.200. The zero-order chi connectivity index (χ0) is 17.8. The number of hydrogen-bond acceptors (Lipinski definition) is 3. The molecule has 25 heavy (non-hydrogen) atoms. The zero-order valence-corrected chi connectivity index (χ0v) is 15.3. The number of hydrogen-bond donors (Lipinski definition) is 0. The van der Waals surface area contributed by atoms with Gasteiger partial charge >= 0.3 is 0 Å². The second-order valence-corrected chi connectivity index (χ2v) is 6.59. The van der Waals surface area contributed by atoms with Crippen molar-refractivity contribution >= 4 is 17.0 Å². The van der Waals surface area contributed by atoms with Gasteiger partial charge in [-0.15, -0.1) is 11.3 Å². The molecule has 0 radical (unpaired) electrons. The van der Waals surface area contributed by atoms with Crippen LogP contribution in [0.2, 0.25) is 0 Å². The molecule has 0 aliphatic carbocycles. The normalized spacial score (nSPS) is 12.6. The summed E-state index contributed by atoms with van der Waals surface area (Å²) in [6, 6.07) is 14.8. The minimum Gasteiger partial charge on any atom is -0.258 e. The van der Waals surface area contributed by atoms with Gasteiger partial charge in [0.05, 0.1) is 11.4 Å². The summed E-state index contributed by atoms with van der Waals surface area (Å²) in [7, 11) is 0. The molecular weight excluding hydrogens is 333 g/mol. The lowest BCUT2D eigenvalue weighted by Gasteiger charge is -2.07. The number of halogens is 1. The Morgan fingerprint density at radius 1 is 1.16 bits per heavy atom. The Kier molecular flexibility index (Phi) is 5.24. The maximum Gasteiger partial charge on any atom is 0.206 e. The molecule has 0 atom stereocenters. The molecule has 0 fully saturated rings. The lowest BCUT2D eigenvalue weighted by atomic mass is 10.1. The van der Waals surface area contributed by atoms with E-state index in [0.29, 0.717) is 6.54 Å². The maximum atomic E-state index is 13.5. The summed E-state index contributed by atoms with van der Waals surface area (Å²) < 4.78 is 15.4. The number of rotatable bonds is 4. The molecule has 0 saturated carbocycles. The minimum atomic E-state index is -0.264. The van der Waals surface area contributed by atoms with Crippen molar-refractivity contribution < 1.29 is 4.39 Å². The van der Waals surface area contributed by atoms with E-state index in [9.17, 15) is 4.39 Å². The number of thiazole rings is 1. The summed E-state index contributed by atoms with van der Waals surface area (Å²) in [5.41, 5.74) is 4.77. The second kappa shape index (κ2) is 7.57. The molecule has 3 rings (SSSR count). The van der Waals surface area contributed by atoms with E-state index in [1.807, 2.05) is 24.6 Å². The first-order valence-corrected chi connectivity index (χ1v) is 9.06. The SMILES string of the molecule is CCN=c1scc(-c2ccc(C)cc2)n1N=C(C)c1cccc(F)c1. The molecule has 3 aromatic rings. The van der Waals surface area contributed by atoms with E-state index in [1.54, 1.807) is 17.4 Å². The van der Waals surface area contributed by atoms with Gasteiger partial charge in [-0.1, -0.05) is 42.0 Å². The van der Waals surface area contributed by atoms with Crippen LogP contribution in [0.3, 0.4) is 0 Å². The summed E-state index contributed by atoms with van der Waals surface area (Å²) in [5, 5.41) is 6.79. The smallest absolute Gasteiger partial charge is 0.206 e. The minimum absolute atomic E-state index is 0.264. The molecule has 0 aliphatic rings. The van der Waals surface area contributed by atoms with E-state index in [0.717, 1.165) is 27.3 Å². The van der Waals surface area contributed by atoms with Crippen LogP contribution in [-0.2, 0) is 0 Å². The van der Waals surface area contributed by atoms with E-state index in [2.05, 4.69) is 41.6 Å². The molecule has 1 heterocycles. The summed E-state index contributed by atoms with van der Waals surface area (Å²) in [6.45, 7) is 6.63. The molecule has 0 N–H and O–H groups in total. The van der Waals surface area contributed by atoms with E-state index < -0.39 is 0 Å². The third-order valence-corrected chi connectivity index (χ3v) is 4.67. The van der Waals surface area contributed by atoms with E-state index in [4.69, 9.17) is 5.10 Å². The third-order valence-electron chi connectivity index (χ3n) is 3.82. The lowest BCUT2D eigenvalue weighted by Crippen LogP contribution is -2.14. The molecule has 1 aromatic heterocycles. The van der Waals surface area contributed by atoms with Crippen LogP contribution < -0.4 is 4.80 Å². The Morgan fingerprint density at radius 2 is 1.92 bits per heavy atom. The third kappa shape index (κ3) is 3.94. The molecule has 5 heteroatoms. The monoisotopic (exact) mass is 353 g/mol. The van der Waals surface area contributed by atoms with Crippen molar-refractivity contribution in [3.05, 3.63) is 75.7 Å². The van der Waals surface area contributed by atoms with Gasteiger partial charge in [-0.2, -0.15) is 5.10 Å². The van der Waals surface area contributed by atoms with Crippen molar-refractivity contribution in [2.24, 2.45) is 10.1 Å². The average Bonchev–Trinajstić information content (AvgIpc) is 2.98. The van der Waals surface area contributed by atoms with Crippen LogP contribution in [0.4, 0.5) is 4.39 Å². The van der Waals surface area contributed by atoms with Crippen LogP contribution >= 0.6 is 11.3 Å². The van der Waals surface area contributed by atoms with Gasteiger partial charge in [0.2, 0.25) is 4.80 Å². The van der Waals surface area contributed by atoms with Gasteiger partial charge < -0.3 is 0 Å². The molecule has 2 aromatic carbocycles. The average molecular weight is 353 g/mol. The van der Waals surface area contributed by atoms with Crippen LogP contribution in [0.5, 0.6) is 0 Å². The molecule has 3 nitrogen and oxygen atoms in total. The molecule has 0 saturated heterocycles. The van der Waals surface area contributed by atoms with Gasteiger partial charge in [0.1, 0.15) is 5.82 Å². The predicted octanol–water partition coefficient (Wildman–Crippen LogP) is 4.86. The highest BCUT2D eigenvalue weighted by Crippen LogP contribution is 2.21. The molecule has 0 amide bonds. The second-order valence-electron chi connectivity index (χ2n) is 5.75. The van der Waals surface area contributed by atoms with Crippen molar-refractivity contribution in [3.63, 3.8) is 0 Å². The predicted molar refractivity (Wildman–Crippen MR) is 103 cm³/mol. The van der Waals surface area contributed by atoms with Crippen molar-refractivity contribution in [1.82, 2.24) is 4.68 Å². The van der Waals surface area contributed by atoms with Crippen molar-refractivity contribution in [2.45, 2.75) is 20.8 Å². The highest BCUT2D eigenvalue weighted by molar-refractivity contribution is 7.07. The highest BCUT2D eigenvalue weighted by atomic mass is 32.1. The van der Waals surface area contributed by atoms with Crippen LogP contribution in [0.1, 0.15) is 25.0 Å². The fourth-order valence-corrected chi connectivity index (χ4v) is 3.38. The van der Waals surface area contributed by atoms with Gasteiger partial charge in [-0.3, -0.25) is 4.99 Å². The summed E-state index contributed by atoms with van der Waals surface area (Å²) in [4.78, 5) is 5.36. The Balaban J connectivity index is 2.13. The Hall–Kier alpha value is -2.53. The number of nitrogens with zero attached hydrogens (tertiary/aromatic N) is 3. The topological polar surface area (TPSA) is 29.6 Å². The largest absolute Gasteiger partial charge is 0.258 e. The maximum absolute atomic E-state index is 13.5. The first kappa shape index (κ1) is 17.3. The molecule has 0 unspecified atom stereocenters. The van der Waals surface area contributed by atoms with Gasteiger partial charge in [-0.05, 0) is 32.9 Å². The Morgan fingerprint density at radius 3 is 2.60 bits per heavy atom. The van der Waals surface area contributed by atoms with Crippen LogP contribution in [0.15, 0.2) is 64.0 Å². The van der Waals surface area contributed by atoms with Crippen molar-refractivity contribution in [2.75, 3.05) is 6.54 Å². The van der Waals surface area contributed by atoms with Gasteiger partial charge in [0, 0.05) is 23.1 Å². The van der Waals surface area contributed by atoms with E-state index in [-0.39, 0.29) is 5.82 Å². The number of aromatic nitrogens is 1. The summed E-state index contributed by atoms with van der Waals surface area (Å²) in [5.74, 6) is -0.264. The molecule has 0 bridgehead atoms. The quantitative estimate of drug-likeness (QED) is 0.600. The van der Waals surface area contributed by atoms with E-state index in [1.165, 1.54) is 17.7 Å².